The van der Waals surface area contributed by atoms with Gasteiger partial charge in [-0.3, -0.25) is 14.5 Å². The van der Waals surface area contributed by atoms with E-state index in [0.29, 0.717) is 37.8 Å². The first kappa shape index (κ1) is 22.0. The Balaban J connectivity index is 1.39. The van der Waals surface area contributed by atoms with E-state index in [1.165, 1.54) is 30.9 Å². The van der Waals surface area contributed by atoms with Crippen molar-refractivity contribution < 1.29 is 28.5 Å². The molecule has 0 saturated carbocycles. The third-order valence-electron chi connectivity index (χ3n) is 4.84. The Kier molecular flexibility index (Phi) is 6.52. The average Bonchev–Trinajstić information content (AvgIpc) is 3.37. The summed E-state index contributed by atoms with van der Waals surface area (Å²) in [6, 6.07) is 10.5. The van der Waals surface area contributed by atoms with Crippen molar-refractivity contribution in [1.29, 1.82) is 0 Å². The van der Waals surface area contributed by atoms with Crippen LogP contribution < -0.4 is 24.3 Å². The van der Waals surface area contributed by atoms with Gasteiger partial charge in [0.2, 0.25) is 6.79 Å². The zero-order valence-electron chi connectivity index (χ0n) is 17.4. The normalized spacial score (nSPS) is 15.9. The fourth-order valence-corrected chi connectivity index (χ4v) is 4.60. The lowest BCUT2D eigenvalue weighted by molar-refractivity contribution is -0.122. The molecule has 1 fully saturated rings. The van der Waals surface area contributed by atoms with Crippen molar-refractivity contribution in [2.45, 2.75) is 0 Å². The summed E-state index contributed by atoms with van der Waals surface area (Å²) in [4.78, 5) is 27.4. The summed E-state index contributed by atoms with van der Waals surface area (Å²) in [5.41, 5.74) is 1.16. The number of benzene rings is 2. The van der Waals surface area contributed by atoms with Crippen LogP contribution in [0.5, 0.6) is 23.0 Å². The molecular weight excluding hydrogens is 452 g/mol. The van der Waals surface area contributed by atoms with Crippen molar-refractivity contribution in [2.24, 2.45) is 0 Å². The van der Waals surface area contributed by atoms with E-state index in [4.69, 9.17) is 31.2 Å². The molecule has 0 aromatic heterocycles. The number of carbonyl (C=O) groups is 2. The highest BCUT2D eigenvalue weighted by molar-refractivity contribution is 8.26. The quantitative estimate of drug-likeness (QED) is 0.486. The van der Waals surface area contributed by atoms with E-state index < -0.39 is 0 Å². The van der Waals surface area contributed by atoms with Gasteiger partial charge in [-0.1, -0.05) is 36.1 Å². The molecule has 0 atom stereocenters. The molecule has 0 radical (unpaired) electrons. The minimum atomic E-state index is -0.331. The second-order valence-corrected chi connectivity index (χ2v) is 8.42. The highest BCUT2D eigenvalue weighted by atomic mass is 32.2. The second-order valence-electron chi connectivity index (χ2n) is 6.74. The summed E-state index contributed by atoms with van der Waals surface area (Å²) >= 11 is 6.59. The van der Waals surface area contributed by atoms with Crippen LogP contribution in [0.1, 0.15) is 15.9 Å². The lowest BCUT2D eigenvalue weighted by Gasteiger charge is -2.16. The third-order valence-corrected chi connectivity index (χ3v) is 6.21. The number of para-hydroxylation sites is 1. The molecule has 8 nitrogen and oxygen atoms in total. The first-order valence-corrected chi connectivity index (χ1v) is 10.9. The number of methoxy groups -OCH3 is 2. The summed E-state index contributed by atoms with van der Waals surface area (Å²) in [5.74, 6) is 1.60. The molecule has 0 bridgehead atoms. The zero-order valence-corrected chi connectivity index (χ0v) is 19.0. The summed E-state index contributed by atoms with van der Waals surface area (Å²) in [6.07, 6.45) is 1.76. The monoisotopic (exact) mass is 472 g/mol. The molecule has 2 amide bonds. The molecule has 2 aliphatic heterocycles. The smallest absolute Gasteiger partial charge is 0.266 e. The Morgan fingerprint density at radius 1 is 1.22 bits per heavy atom. The number of rotatable bonds is 7. The number of nitrogens with zero attached hydrogens (tertiary/aromatic N) is 1. The molecule has 0 spiro atoms. The fraction of sp³-hybridized carbons (Fsp3) is 0.227. The van der Waals surface area contributed by atoms with Gasteiger partial charge in [0.25, 0.3) is 11.8 Å². The summed E-state index contributed by atoms with van der Waals surface area (Å²) < 4.78 is 21.7. The van der Waals surface area contributed by atoms with Crippen LogP contribution in [-0.2, 0) is 4.79 Å². The minimum absolute atomic E-state index is 0.189. The molecule has 2 aromatic rings. The number of amides is 2. The number of nitrogens with one attached hydrogen (secondary N) is 1. The number of hydrogen-bond acceptors (Lipinski definition) is 8. The largest absolute Gasteiger partial charge is 0.493 e. The molecule has 1 N–H and O–H groups in total. The molecule has 4 rings (SSSR count). The van der Waals surface area contributed by atoms with E-state index in [1.54, 1.807) is 30.3 Å². The molecule has 10 heteroatoms. The van der Waals surface area contributed by atoms with Gasteiger partial charge in [0.1, 0.15) is 4.32 Å². The molecule has 2 aliphatic rings. The maximum Gasteiger partial charge on any atom is 0.266 e. The van der Waals surface area contributed by atoms with Crippen LogP contribution in [0.25, 0.3) is 6.08 Å². The topological polar surface area (TPSA) is 86.3 Å². The lowest BCUT2D eigenvalue weighted by atomic mass is 10.1. The Labute approximate surface area is 194 Å². The number of thiocarbonyl (C=S) groups is 1. The molecule has 32 heavy (non-hydrogen) atoms. The van der Waals surface area contributed by atoms with Crippen molar-refractivity contribution in [3.63, 3.8) is 0 Å². The van der Waals surface area contributed by atoms with Crippen LogP contribution in [0.15, 0.2) is 41.3 Å². The minimum Gasteiger partial charge on any atom is -0.493 e. The Bertz CT molecular complexity index is 1120. The molecule has 2 heterocycles. The van der Waals surface area contributed by atoms with Crippen LogP contribution >= 0.6 is 24.0 Å². The maximum atomic E-state index is 12.8. The van der Waals surface area contributed by atoms with Gasteiger partial charge in [0.05, 0.1) is 24.7 Å². The Morgan fingerprint density at radius 2 is 2.03 bits per heavy atom. The molecule has 166 valence electrons. The number of fused-ring (bicyclic) bond motifs is 1. The number of ether oxygens (including phenoxy) is 4. The van der Waals surface area contributed by atoms with Crippen molar-refractivity contribution in [3.05, 3.63) is 52.4 Å². The number of carbonyl (C=O) groups excluding carboxylic acids is 2. The molecular formula is C22H20N2O6S2. The maximum absolute atomic E-state index is 12.8. The number of hydrogen-bond donors (Lipinski definition) is 1. The first-order chi connectivity index (χ1) is 15.5. The van der Waals surface area contributed by atoms with Crippen molar-refractivity contribution >= 4 is 46.2 Å². The predicted molar refractivity (Wildman–Crippen MR) is 124 cm³/mol. The van der Waals surface area contributed by atoms with Crippen molar-refractivity contribution in [1.82, 2.24) is 10.2 Å². The van der Waals surface area contributed by atoms with E-state index in [-0.39, 0.29) is 31.7 Å². The van der Waals surface area contributed by atoms with Gasteiger partial charge >= 0.3 is 0 Å². The molecule has 0 unspecified atom stereocenters. The van der Waals surface area contributed by atoms with Crippen molar-refractivity contribution in [2.75, 3.05) is 34.1 Å². The predicted octanol–water partition coefficient (Wildman–Crippen LogP) is 3.06. The SMILES string of the molecule is COc1cccc(C(=O)NCCN2C(=O)/C(=C\c3ccc4c(c3)OCO4)SC2=S)c1OC. The number of thioether (sulfide) groups is 1. The lowest BCUT2D eigenvalue weighted by Crippen LogP contribution is -2.37. The molecule has 2 aromatic carbocycles. The van der Waals surface area contributed by atoms with Crippen LogP contribution in [-0.4, -0.2) is 55.1 Å². The van der Waals surface area contributed by atoms with Gasteiger partial charge < -0.3 is 24.3 Å². The van der Waals surface area contributed by atoms with E-state index in [0.717, 1.165) is 5.56 Å². The van der Waals surface area contributed by atoms with Gasteiger partial charge in [0, 0.05) is 13.1 Å². The Morgan fingerprint density at radius 3 is 2.81 bits per heavy atom. The van der Waals surface area contributed by atoms with E-state index >= 15 is 0 Å². The van der Waals surface area contributed by atoms with Gasteiger partial charge in [-0.2, -0.15) is 0 Å². The standard InChI is InChI=1S/C22H20N2O6S2/c1-27-16-5-3-4-14(19(16)28-2)20(25)23-8-9-24-21(26)18(32-22(24)31)11-13-6-7-15-17(10-13)30-12-29-15/h3-7,10-11H,8-9,12H2,1-2H3,(H,23,25)/b18-11+. The fourth-order valence-electron chi connectivity index (χ4n) is 3.29. The highest BCUT2D eigenvalue weighted by Crippen LogP contribution is 2.36. The average molecular weight is 473 g/mol. The first-order valence-electron chi connectivity index (χ1n) is 9.66. The third kappa shape index (κ3) is 4.37. The second kappa shape index (κ2) is 9.49. The molecule has 0 aliphatic carbocycles. The van der Waals surface area contributed by atoms with Crippen LogP contribution in [0.3, 0.4) is 0 Å². The van der Waals surface area contributed by atoms with Crippen LogP contribution in [0.2, 0.25) is 0 Å². The van der Waals surface area contributed by atoms with Gasteiger partial charge in [-0.25, -0.2) is 0 Å². The van der Waals surface area contributed by atoms with Crippen LogP contribution in [0, 0.1) is 0 Å². The summed E-state index contributed by atoms with van der Waals surface area (Å²) in [6.45, 7) is 0.665. The highest BCUT2D eigenvalue weighted by Gasteiger charge is 2.32. The van der Waals surface area contributed by atoms with E-state index in [2.05, 4.69) is 5.32 Å². The van der Waals surface area contributed by atoms with Gasteiger partial charge in [0.15, 0.2) is 23.0 Å². The summed E-state index contributed by atoms with van der Waals surface area (Å²) in [5, 5.41) is 2.80. The Hall–Kier alpha value is -3.24. The van der Waals surface area contributed by atoms with Crippen LogP contribution in [0.4, 0.5) is 0 Å². The van der Waals surface area contributed by atoms with E-state index in [1.807, 2.05) is 12.1 Å². The van der Waals surface area contributed by atoms with E-state index in [9.17, 15) is 9.59 Å². The zero-order chi connectivity index (χ0) is 22.7. The summed E-state index contributed by atoms with van der Waals surface area (Å²) in [7, 11) is 2.98. The van der Waals surface area contributed by atoms with Crippen molar-refractivity contribution in [3.8, 4) is 23.0 Å². The van der Waals surface area contributed by atoms with Gasteiger partial charge in [-0.15, -0.1) is 0 Å². The molecule has 1 saturated heterocycles. The van der Waals surface area contributed by atoms with Gasteiger partial charge in [-0.05, 0) is 35.9 Å².